The van der Waals surface area contributed by atoms with Gasteiger partial charge in [0.15, 0.2) is 0 Å². The van der Waals surface area contributed by atoms with E-state index in [0.717, 1.165) is 43.4 Å². The highest BCUT2D eigenvalue weighted by molar-refractivity contribution is 7.57. The summed E-state index contributed by atoms with van der Waals surface area (Å²) in [5.74, 6) is 0. The fourth-order valence-electron chi connectivity index (χ4n) is 3.87. The first-order chi connectivity index (χ1) is 12.1. The van der Waals surface area contributed by atoms with Crippen LogP contribution in [0.25, 0.3) is 43.4 Å². The summed E-state index contributed by atoms with van der Waals surface area (Å²) in [6, 6.07) is 24.3. The van der Waals surface area contributed by atoms with Crippen LogP contribution in [0, 0.1) is 0 Å². The molecule has 0 radical (unpaired) electrons. The molecule has 5 rings (SSSR count). The zero-order valence-electron chi connectivity index (χ0n) is 13.4. The van der Waals surface area contributed by atoms with Gasteiger partial charge in [-0.25, -0.2) is 0 Å². The molecule has 0 atom stereocenters. The molecule has 0 aliphatic heterocycles. The lowest BCUT2D eigenvalue weighted by molar-refractivity contribution is 0.572. The lowest BCUT2D eigenvalue weighted by Crippen LogP contribution is -2.12. The summed E-state index contributed by atoms with van der Waals surface area (Å²) in [6.45, 7) is 0. The minimum Gasteiger partial charge on any atom is -0.267 e. The van der Waals surface area contributed by atoms with Crippen LogP contribution in [0.15, 0.2) is 72.8 Å². The molecule has 0 aliphatic carbocycles. The topological polar surface area (TPSA) is 74.0 Å². The van der Waals surface area contributed by atoms with Crippen LogP contribution < -0.4 is 11.0 Å². The van der Waals surface area contributed by atoms with E-state index in [2.05, 4.69) is 24.3 Å². The number of hydrogen-bond donors (Lipinski definition) is 2. The van der Waals surface area contributed by atoms with Crippen LogP contribution in [0.3, 0.4) is 0 Å². The SMILES string of the molecule is NP(N)(=O)n1c2ccc3ccccc3c2c2c3ccccc3ccc21. The molecule has 5 aromatic rings. The van der Waals surface area contributed by atoms with Crippen LogP contribution in [-0.4, -0.2) is 4.34 Å². The molecule has 4 nitrogen and oxygen atoms in total. The predicted octanol–water partition coefficient (Wildman–Crippen LogP) is 4.97. The largest absolute Gasteiger partial charge is 0.305 e. The summed E-state index contributed by atoms with van der Waals surface area (Å²) in [4.78, 5) is 0. The van der Waals surface area contributed by atoms with Crippen LogP contribution >= 0.6 is 7.59 Å². The van der Waals surface area contributed by atoms with Gasteiger partial charge in [0.1, 0.15) is 0 Å². The summed E-state index contributed by atoms with van der Waals surface area (Å²) >= 11 is 0. The Bertz CT molecular complexity index is 1250. The van der Waals surface area contributed by atoms with Crippen molar-refractivity contribution in [3.05, 3.63) is 72.8 Å². The Labute approximate surface area is 144 Å². The molecule has 0 fully saturated rings. The number of rotatable bonds is 1. The molecule has 0 amide bonds. The fraction of sp³-hybridized carbons (Fsp3) is 0. The van der Waals surface area contributed by atoms with Crippen LogP contribution in [0.4, 0.5) is 0 Å². The maximum Gasteiger partial charge on any atom is 0.305 e. The Morgan fingerprint density at radius 2 is 1.08 bits per heavy atom. The Balaban J connectivity index is 2.21. The van der Waals surface area contributed by atoms with Crippen molar-refractivity contribution < 1.29 is 4.57 Å². The first-order valence-corrected chi connectivity index (χ1v) is 9.87. The second kappa shape index (κ2) is 4.93. The molecule has 5 heteroatoms. The summed E-state index contributed by atoms with van der Waals surface area (Å²) in [6.07, 6.45) is 0. The lowest BCUT2D eigenvalue weighted by Gasteiger charge is -2.12. The van der Waals surface area contributed by atoms with E-state index in [4.69, 9.17) is 11.0 Å². The molecule has 0 spiro atoms. The molecule has 0 bridgehead atoms. The number of hydrogen-bond acceptors (Lipinski definition) is 1. The highest BCUT2D eigenvalue weighted by Crippen LogP contribution is 2.45. The zero-order chi connectivity index (χ0) is 17.2. The van der Waals surface area contributed by atoms with Crippen molar-refractivity contribution in [2.45, 2.75) is 0 Å². The van der Waals surface area contributed by atoms with Gasteiger partial charge in [-0.15, -0.1) is 0 Å². The monoisotopic (exact) mass is 345 g/mol. The predicted molar refractivity (Wildman–Crippen MR) is 106 cm³/mol. The van der Waals surface area contributed by atoms with E-state index in [1.54, 1.807) is 4.34 Å². The smallest absolute Gasteiger partial charge is 0.267 e. The second-order valence-electron chi connectivity index (χ2n) is 6.35. The van der Waals surface area contributed by atoms with Gasteiger partial charge in [0.05, 0.1) is 11.0 Å². The van der Waals surface area contributed by atoms with Crippen LogP contribution in [-0.2, 0) is 4.57 Å². The van der Waals surface area contributed by atoms with Gasteiger partial charge in [-0.05, 0) is 33.7 Å². The van der Waals surface area contributed by atoms with Gasteiger partial charge in [0.25, 0.3) is 0 Å². The van der Waals surface area contributed by atoms with Crippen molar-refractivity contribution in [3.8, 4) is 0 Å². The van der Waals surface area contributed by atoms with Gasteiger partial charge in [0, 0.05) is 10.8 Å². The molecule has 0 unspecified atom stereocenters. The average molecular weight is 345 g/mol. The van der Waals surface area contributed by atoms with Crippen molar-refractivity contribution in [2.24, 2.45) is 11.0 Å². The molecule has 4 N–H and O–H groups in total. The minimum atomic E-state index is -3.50. The maximum atomic E-state index is 12.7. The summed E-state index contributed by atoms with van der Waals surface area (Å²) in [5, 5.41) is 6.56. The standard InChI is InChI=1S/C20H16N3OP/c21-25(22,24)23-17-11-9-13-5-1-3-7-15(13)19(17)20-16-8-4-2-6-14(16)10-12-18(20)23/h1-12H,(H4,21,22,24). The third-order valence-electron chi connectivity index (χ3n) is 4.83. The Morgan fingerprint density at radius 3 is 1.52 bits per heavy atom. The molecule has 0 saturated heterocycles. The molecule has 4 aromatic carbocycles. The Morgan fingerprint density at radius 1 is 0.640 bits per heavy atom. The molecule has 1 aromatic heterocycles. The van der Waals surface area contributed by atoms with Crippen LogP contribution in [0.5, 0.6) is 0 Å². The van der Waals surface area contributed by atoms with E-state index in [1.165, 1.54) is 0 Å². The summed E-state index contributed by atoms with van der Waals surface area (Å²) < 4.78 is 14.3. The molecule has 122 valence electrons. The fourth-order valence-corrected chi connectivity index (χ4v) is 4.87. The summed E-state index contributed by atoms with van der Waals surface area (Å²) in [7, 11) is -3.50. The van der Waals surface area contributed by atoms with Crippen molar-refractivity contribution in [3.63, 3.8) is 0 Å². The molecule has 0 aliphatic rings. The van der Waals surface area contributed by atoms with Crippen LogP contribution in [0.1, 0.15) is 0 Å². The van der Waals surface area contributed by atoms with Gasteiger partial charge in [0.2, 0.25) is 0 Å². The van der Waals surface area contributed by atoms with Crippen molar-refractivity contribution >= 4 is 50.9 Å². The third-order valence-corrected chi connectivity index (χ3v) is 5.89. The summed E-state index contributed by atoms with van der Waals surface area (Å²) in [5.41, 5.74) is 13.4. The van der Waals surface area contributed by atoms with Crippen molar-refractivity contribution in [1.29, 1.82) is 0 Å². The highest BCUT2D eigenvalue weighted by atomic mass is 31.2. The molecule has 0 saturated carbocycles. The number of fused-ring (bicyclic) bond motifs is 7. The van der Waals surface area contributed by atoms with Gasteiger partial charge in [-0.3, -0.25) is 19.9 Å². The number of benzene rings is 4. The van der Waals surface area contributed by atoms with E-state index in [-0.39, 0.29) is 0 Å². The first-order valence-electron chi connectivity index (χ1n) is 8.07. The Kier molecular flexibility index (Phi) is 2.89. The molecular formula is C20H16N3OP. The second-order valence-corrected chi connectivity index (χ2v) is 8.09. The van der Waals surface area contributed by atoms with E-state index < -0.39 is 7.59 Å². The minimum absolute atomic E-state index is 0.804. The first kappa shape index (κ1) is 14.7. The van der Waals surface area contributed by atoms with Gasteiger partial charge >= 0.3 is 7.59 Å². The van der Waals surface area contributed by atoms with Gasteiger partial charge in [-0.1, -0.05) is 60.7 Å². The van der Waals surface area contributed by atoms with Crippen molar-refractivity contribution in [2.75, 3.05) is 0 Å². The number of nitrogens with zero attached hydrogens (tertiary/aromatic N) is 1. The molecular weight excluding hydrogens is 329 g/mol. The highest BCUT2D eigenvalue weighted by Gasteiger charge is 2.22. The van der Waals surface area contributed by atoms with E-state index >= 15 is 0 Å². The van der Waals surface area contributed by atoms with E-state index in [0.29, 0.717) is 0 Å². The van der Waals surface area contributed by atoms with Crippen LogP contribution in [0.2, 0.25) is 0 Å². The van der Waals surface area contributed by atoms with E-state index in [1.807, 2.05) is 48.5 Å². The quantitative estimate of drug-likeness (QED) is 0.421. The van der Waals surface area contributed by atoms with Gasteiger partial charge < -0.3 is 0 Å². The number of aromatic nitrogens is 1. The Hall–Kier alpha value is -2.65. The zero-order valence-corrected chi connectivity index (χ0v) is 14.3. The number of nitrogens with two attached hydrogens (primary N) is 2. The van der Waals surface area contributed by atoms with E-state index in [9.17, 15) is 4.57 Å². The maximum absolute atomic E-state index is 12.7. The molecule has 25 heavy (non-hydrogen) atoms. The normalized spacial score (nSPS) is 12.6. The van der Waals surface area contributed by atoms with Gasteiger partial charge in [-0.2, -0.15) is 0 Å². The third kappa shape index (κ3) is 1.99. The average Bonchev–Trinajstić information content (AvgIpc) is 2.97. The van der Waals surface area contributed by atoms with Crippen molar-refractivity contribution in [1.82, 2.24) is 4.34 Å². The molecule has 1 heterocycles. The lowest BCUT2D eigenvalue weighted by atomic mass is 10.00.